The van der Waals surface area contributed by atoms with Crippen LogP contribution in [0.15, 0.2) is 18.2 Å². The number of rotatable bonds is 5. The number of piperidine rings is 1. The standard InChI is InChI=1S/C19H27NO4/c1-19(2)10-15-7-4-8-16(18(15)24-19)23-13-17(21)20-9-5-6-14(11-20)12-22-3/h4,7-8,14H,5-6,9-13H2,1-3H3. The molecule has 1 amide bonds. The second kappa shape index (κ2) is 7.01. The van der Waals surface area contributed by atoms with E-state index in [0.717, 1.165) is 43.7 Å². The summed E-state index contributed by atoms with van der Waals surface area (Å²) in [5.74, 6) is 1.91. The number of hydrogen-bond acceptors (Lipinski definition) is 4. The topological polar surface area (TPSA) is 48.0 Å². The molecule has 1 atom stereocenters. The van der Waals surface area contributed by atoms with Gasteiger partial charge in [-0.05, 0) is 38.7 Å². The van der Waals surface area contributed by atoms with E-state index in [1.807, 2.05) is 17.0 Å². The van der Waals surface area contributed by atoms with E-state index in [0.29, 0.717) is 18.3 Å². The van der Waals surface area contributed by atoms with Gasteiger partial charge >= 0.3 is 0 Å². The number of hydrogen-bond donors (Lipinski definition) is 0. The molecule has 5 heteroatoms. The zero-order valence-electron chi connectivity index (χ0n) is 14.8. The molecule has 1 aromatic carbocycles. The van der Waals surface area contributed by atoms with Gasteiger partial charge < -0.3 is 19.1 Å². The monoisotopic (exact) mass is 333 g/mol. The van der Waals surface area contributed by atoms with Crippen LogP contribution in [0.1, 0.15) is 32.3 Å². The summed E-state index contributed by atoms with van der Waals surface area (Å²) in [6.07, 6.45) is 3.00. The van der Waals surface area contributed by atoms with Crippen molar-refractivity contribution in [2.24, 2.45) is 5.92 Å². The molecular weight excluding hydrogens is 306 g/mol. The molecule has 1 unspecified atom stereocenters. The first kappa shape index (κ1) is 17.1. The molecule has 1 saturated heterocycles. The number of benzene rings is 1. The minimum absolute atomic E-state index is 0.0330. The molecule has 0 bridgehead atoms. The van der Waals surface area contributed by atoms with Crippen molar-refractivity contribution in [3.05, 3.63) is 23.8 Å². The van der Waals surface area contributed by atoms with Crippen molar-refractivity contribution in [1.82, 2.24) is 4.90 Å². The highest BCUT2D eigenvalue weighted by Gasteiger charge is 2.32. The van der Waals surface area contributed by atoms with Gasteiger partial charge in [-0.3, -0.25) is 4.79 Å². The normalized spacial score (nSPS) is 22.0. The van der Waals surface area contributed by atoms with Crippen molar-refractivity contribution >= 4 is 5.91 Å². The van der Waals surface area contributed by atoms with Gasteiger partial charge in [0, 0.05) is 32.2 Å². The van der Waals surface area contributed by atoms with E-state index in [1.165, 1.54) is 0 Å². The van der Waals surface area contributed by atoms with E-state index in [2.05, 4.69) is 19.9 Å². The molecule has 2 aliphatic heterocycles. The average molecular weight is 333 g/mol. The summed E-state index contributed by atoms with van der Waals surface area (Å²) in [4.78, 5) is 14.4. The number of para-hydroxylation sites is 1. The van der Waals surface area contributed by atoms with Crippen LogP contribution in [0.3, 0.4) is 0 Å². The molecule has 2 aliphatic rings. The lowest BCUT2D eigenvalue weighted by Crippen LogP contribution is -2.43. The minimum atomic E-state index is -0.216. The van der Waals surface area contributed by atoms with Crippen molar-refractivity contribution in [3.8, 4) is 11.5 Å². The van der Waals surface area contributed by atoms with Crippen molar-refractivity contribution in [3.63, 3.8) is 0 Å². The Morgan fingerprint density at radius 2 is 2.25 bits per heavy atom. The Kier molecular flexibility index (Phi) is 4.99. The predicted molar refractivity (Wildman–Crippen MR) is 91.5 cm³/mol. The van der Waals surface area contributed by atoms with Gasteiger partial charge in [0.05, 0.1) is 6.61 Å². The summed E-state index contributed by atoms with van der Waals surface area (Å²) >= 11 is 0. The Bertz CT molecular complexity index is 597. The highest BCUT2D eigenvalue weighted by atomic mass is 16.5. The number of fused-ring (bicyclic) bond motifs is 1. The molecule has 0 spiro atoms. The second-order valence-electron chi connectivity index (χ2n) is 7.37. The number of carbonyl (C=O) groups excluding carboxylic acids is 1. The summed E-state index contributed by atoms with van der Waals surface area (Å²) in [6, 6.07) is 5.88. The molecule has 24 heavy (non-hydrogen) atoms. The van der Waals surface area contributed by atoms with Gasteiger partial charge in [0.1, 0.15) is 5.60 Å². The fourth-order valence-corrected chi connectivity index (χ4v) is 3.60. The van der Waals surface area contributed by atoms with Gasteiger partial charge in [0.15, 0.2) is 18.1 Å². The highest BCUT2D eigenvalue weighted by Crippen LogP contribution is 2.41. The first-order chi connectivity index (χ1) is 11.5. The summed E-state index contributed by atoms with van der Waals surface area (Å²) in [6.45, 7) is 6.45. The second-order valence-corrected chi connectivity index (χ2v) is 7.37. The maximum absolute atomic E-state index is 12.5. The first-order valence-corrected chi connectivity index (χ1v) is 8.69. The van der Waals surface area contributed by atoms with Crippen molar-refractivity contribution in [1.29, 1.82) is 0 Å². The minimum Gasteiger partial charge on any atom is -0.483 e. The maximum atomic E-state index is 12.5. The number of likely N-dealkylation sites (tertiary alicyclic amines) is 1. The van der Waals surface area contributed by atoms with Crippen LogP contribution in [-0.2, 0) is 16.0 Å². The lowest BCUT2D eigenvalue weighted by Gasteiger charge is -2.32. The van der Waals surface area contributed by atoms with Crippen molar-refractivity contribution in [2.45, 2.75) is 38.7 Å². The van der Waals surface area contributed by atoms with Crippen LogP contribution in [0.2, 0.25) is 0 Å². The molecule has 0 saturated carbocycles. The first-order valence-electron chi connectivity index (χ1n) is 8.69. The van der Waals surface area contributed by atoms with Crippen LogP contribution in [0.4, 0.5) is 0 Å². The van der Waals surface area contributed by atoms with Crippen molar-refractivity contribution < 1.29 is 19.0 Å². The third kappa shape index (κ3) is 3.83. The Balaban J connectivity index is 1.59. The van der Waals surface area contributed by atoms with E-state index in [4.69, 9.17) is 14.2 Å². The molecule has 132 valence electrons. The Hall–Kier alpha value is -1.75. The van der Waals surface area contributed by atoms with Gasteiger partial charge in [0.25, 0.3) is 5.91 Å². The summed E-state index contributed by atoms with van der Waals surface area (Å²) in [5, 5.41) is 0. The average Bonchev–Trinajstić information content (AvgIpc) is 2.87. The van der Waals surface area contributed by atoms with Crippen LogP contribution in [-0.4, -0.2) is 49.8 Å². The molecule has 3 rings (SSSR count). The molecule has 1 fully saturated rings. The number of carbonyl (C=O) groups is 1. The van der Waals surface area contributed by atoms with Crippen LogP contribution < -0.4 is 9.47 Å². The van der Waals surface area contributed by atoms with Crippen LogP contribution in [0.5, 0.6) is 11.5 Å². The Morgan fingerprint density at radius 3 is 3.04 bits per heavy atom. The zero-order chi connectivity index (χ0) is 17.2. The Labute approximate surface area is 143 Å². The van der Waals surface area contributed by atoms with Crippen LogP contribution in [0, 0.1) is 5.92 Å². The van der Waals surface area contributed by atoms with Crippen LogP contribution >= 0.6 is 0 Å². The Morgan fingerprint density at radius 1 is 1.42 bits per heavy atom. The molecule has 0 N–H and O–H groups in total. The van der Waals surface area contributed by atoms with Crippen molar-refractivity contribution in [2.75, 3.05) is 33.4 Å². The summed E-state index contributed by atoms with van der Waals surface area (Å²) in [7, 11) is 1.71. The lowest BCUT2D eigenvalue weighted by molar-refractivity contribution is -0.135. The van der Waals surface area contributed by atoms with E-state index >= 15 is 0 Å². The molecule has 0 aliphatic carbocycles. The fourth-order valence-electron chi connectivity index (χ4n) is 3.60. The van der Waals surface area contributed by atoms with E-state index < -0.39 is 0 Å². The molecule has 1 aromatic rings. The highest BCUT2D eigenvalue weighted by molar-refractivity contribution is 5.78. The van der Waals surface area contributed by atoms with Gasteiger partial charge in [0.2, 0.25) is 0 Å². The van der Waals surface area contributed by atoms with Gasteiger partial charge in [-0.25, -0.2) is 0 Å². The lowest BCUT2D eigenvalue weighted by atomic mass is 9.99. The number of ether oxygens (including phenoxy) is 3. The predicted octanol–water partition coefficient (Wildman–Crippen LogP) is 2.66. The molecule has 0 aromatic heterocycles. The largest absolute Gasteiger partial charge is 0.483 e. The van der Waals surface area contributed by atoms with E-state index in [1.54, 1.807) is 7.11 Å². The third-order valence-corrected chi connectivity index (χ3v) is 4.68. The van der Waals surface area contributed by atoms with Crippen LogP contribution in [0.25, 0.3) is 0 Å². The molecular formula is C19H27NO4. The number of methoxy groups -OCH3 is 1. The van der Waals surface area contributed by atoms with E-state index in [9.17, 15) is 4.79 Å². The van der Waals surface area contributed by atoms with Gasteiger partial charge in [-0.1, -0.05) is 12.1 Å². The number of nitrogens with zero attached hydrogens (tertiary/aromatic N) is 1. The van der Waals surface area contributed by atoms with E-state index in [-0.39, 0.29) is 18.1 Å². The number of amides is 1. The maximum Gasteiger partial charge on any atom is 0.260 e. The SMILES string of the molecule is COCC1CCCN(C(=O)COc2cccc3c2OC(C)(C)C3)C1. The fraction of sp³-hybridized carbons (Fsp3) is 0.632. The van der Waals surface area contributed by atoms with Gasteiger partial charge in [-0.2, -0.15) is 0 Å². The zero-order valence-corrected chi connectivity index (χ0v) is 14.8. The molecule has 5 nitrogen and oxygen atoms in total. The smallest absolute Gasteiger partial charge is 0.260 e. The molecule has 0 radical (unpaired) electrons. The quantitative estimate of drug-likeness (QED) is 0.831. The summed E-state index contributed by atoms with van der Waals surface area (Å²) in [5.41, 5.74) is 0.926. The molecule has 2 heterocycles. The third-order valence-electron chi connectivity index (χ3n) is 4.68. The van der Waals surface area contributed by atoms with Gasteiger partial charge in [-0.15, -0.1) is 0 Å². The summed E-state index contributed by atoms with van der Waals surface area (Å²) < 4.78 is 17.0.